The van der Waals surface area contributed by atoms with Gasteiger partial charge in [-0.2, -0.15) is 0 Å². The average Bonchev–Trinajstić information content (AvgIpc) is 2.50. The lowest BCUT2D eigenvalue weighted by Crippen LogP contribution is -2.20. The van der Waals surface area contributed by atoms with Gasteiger partial charge in [-0.05, 0) is 18.2 Å². The number of hydrogen-bond donors (Lipinski definition) is 1. The Balaban J connectivity index is 1.96. The van der Waals surface area contributed by atoms with E-state index in [1.54, 1.807) is 31.6 Å². The molecule has 0 atom stereocenters. The highest BCUT2D eigenvalue weighted by Crippen LogP contribution is 2.21. The predicted octanol–water partition coefficient (Wildman–Crippen LogP) is 2.19. The molecule has 5 nitrogen and oxygen atoms in total. The number of rotatable bonds is 2. The van der Waals surface area contributed by atoms with Gasteiger partial charge in [-0.15, -0.1) is 0 Å². The first-order valence-electron chi connectivity index (χ1n) is 6.47. The standard InChI is InChI=1S/C16H13N3O2/c1-19-9-7-12(10-14(19)20)16(21)18-13-6-2-4-11-5-3-8-17-15(11)13/h2-10H,1H3,(H,18,21). The van der Waals surface area contributed by atoms with Crippen LogP contribution in [0.1, 0.15) is 10.4 Å². The van der Waals surface area contributed by atoms with Crippen molar-refractivity contribution in [3.05, 3.63) is 70.8 Å². The molecule has 0 saturated heterocycles. The van der Waals surface area contributed by atoms with Crippen molar-refractivity contribution in [3.8, 4) is 0 Å². The van der Waals surface area contributed by atoms with Gasteiger partial charge in [0.15, 0.2) is 0 Å². The molecule has 1 amide bonds. The Kier molecular flexibility index (Phi) is 3.23. The Labute approximate surface area is 120 Å². The summed E-state index contributed by atoms with van der Waals surface area (Å²) in [6, 6.07) is 12.3. The molecule has 1 aromatic carbocycles. The first kappa shape index (κ1) is 13.1. The van der Waals surface area contributed by atoms with Crippen LogP contribution in [-0.4, -0.2) is 15.5 Å². The third-order valence-corrected chi connectivity index (χ3v) is 3.25. The van der Waals surface area contributed by atoms with Crippen molar-refractivity contribution in [2.45, 2.75) is 0 Å². The molecule has 0 aliphatic heterocycles. The molecule has 0 radical (unpaired) electrons. The van der Waals surface area contributed by atoms with Crippen LogP contribution in [0.2, 0.25) is 0 Å². The number of aryl methyl sites for hydroxylation is 1. The minimum absolute atomic E-state index is 0.223. The number of nitrogens with zero attached hydrogens (tertiary/aromatic N) is 2. The number of fused-ring (bicyclic) bond motifs is 1. The maximum Gasteiger partial charge on any atom is 0.255 e. The second-order valence-corrected chi connectivity index (χ2v) is 4.70. The van der Waals surface area contributed by atoms with E-state index in [2.05, 4.69) is 10.3 Å². The Hall–Kier alpha value is -2.95. The van der Waals surface area contributed by atoms with Crippen LogP contribution >= 0.6 is 0 Å². The monoisotopic (exact) mass is 279 g/mol. The Morgan fingerprint density at radius 1 is 1.19 bits per heavy atom. The fraction of sp³-hybridized carbons (Fsp3) is 0.0625. The third-order valence-electron chi connectivity index (χ3n) is 3.25. The van der Waals surface area contributed by atoms with Crippen LogP contribution in [-0.2, 0) is 7.05 Å². The quantitative estimate of drug-likeness (QED) is 0.782. The molecule has 0 aliphatic carbocycles. The Bertz CT molecular complexity index is 879. The molecule has 3 aromatic rings. The lowest BCUT2D eigenvalue weighted by atomic mass is 10.2. The summed E-state index contributed by atoms with van der Waals surface area (Å²) in [6.45, 7) is 0. The van der Waals surface area contributed by atoms with Gasteiger partial charge in [0, 0.05) is 36.5 Å². The van der Waals surface area contributed by atoms with E-state index in [9.17, 15) is 9.59 Å². The molecular formula is C16H13N3O2. The molecule has 104 valence electrons. The highest BCUT2D eigenvalue weighted by molar-refractivity contribution is 6.08. The first-order valence-corrected chi connectivity index (χ1v) is 6.47. The van der Waals surface area contributed by atoms with Gasteiger partial charge >= 0.3 is 0 Å². The molecule has 1 N–H and O–H groups in total. The normalized spacial score (nSPS) is 10.5. The average molecular weight is 279 g/mol. The van der Waals surface area contributed by atoms with E-state index in [4.69, 9.17) is 0 Å². The molecule has 3 rings (SSSR count). The summed E-state index contributed by atoms with van der Waals surface area (Å²) in [5, 5.41) is 3.74. The largest absolute Gasteiger partial charge is 0.320 e. The second kappa shape index (κ2) is 5.20. The predicted molar refractivity (Wildman–Crippen MR) is 81.4 cm³/mol. The van der Waals surface area contributed by atoms with Crippen molar-refractivity contribution in [2.75, 3.05) is 5.32 Å². The Morgan fingerprint density at radius 3 is 2.81 bits per heavy atom. The first-order chi connectivity index (χ1) is 10.1. The lowest BCUT2D eigenvalue weighted by Gasteiger charge is -2.08. The van der Waals surface area contributed by atoms with E-state index in [-0.39, 0.29) is 11.5 Å². The van der Waals surface area contributed by atoms with E-state index < -0.39 is 0 Å². The van der Waals surface area contributed by atoms with Gasteiger partial charge in [0.2, 0.25) is 0 Å². The van der Waals surface area contributed by atoms with E-state index >= 15 is 0 Å². The van der Waals surface area contributed by atoms with Gasteiger partial charge in [0.25, 0.3) is 11.5 Å². The highest BCUT2D eigenvalue weighted by Gasteiger charge is 2.09. The van der Waals surface area contributed by atoms with E-state index in [0.29, 0.717) is 11.3 Å². The van der Waals surface area contributed by atoms with Gasteiger partial charge < -0.3 is 9.88 Å². The number of amides is 1. The van der Waals surface area contributed by atoms with Gasteiger partial charge in [-0.1, -0.05) is 18.2 Å². The smallest absolute Gasteiger partial charge is 0.255 e. The summed E-state index contributed by atoms with van der Waals surface area (Å²) in [5.41, 5.74) is 1.45. The third kappa shape index (κ3) is 2.53. The van der Waals surface area contributed by atoms with Crippen molar-refractivity contribution in [1.82, 2.24) is 9.55 Å². The van der Waals surface area contributed by atoms with Crippen LogP contribution < -0.4 is 10.9 Å². The van der Waals surface area contributed by atoms with Crippen molar-refractivity contribution in [1.29, 1.82) is 0 Å². The van der Waals surface area contributed by atoms with E-state index in [1.807, 2.05) is 24.3 Å². The number of para-hydroxylation sites is 1. The zero-order valence-corrected chi connectivity index (χ0v) is 11.4. The van der Waals surface area contributed by atoms with E-state index in [1.165, 1.54) is 10.6 Å². The summed E-state index contributed by atoms with van der Waals surface area (Å²) in [6.07, 6.45) is 3.24. The number of hydrogen-bond acceptors (Lipinski definition) is 3. The van der Waals surface area contributed by atoms with Crippen LogP contribution in [0.5, 0.6) is 0 Å². The van der Waals surface area contributed by atoms with Crippen LogP contribution in [0, 0.1) is 0 Å². The highest BCUT2D eigenvalue weighted by atomic mass is 16.2. The number of anilines is 1. The molecule has 0 unspecified atom stereocenters. The molecule has 0 fully saturated rings. The van der Waals surface area contributed by atoms with Gasteiger partial charge in [0.05, 0.1) is 11.2 Å². The number of pyridine rings is 2. The van der Waals surface area contributed by atoms with Gasteiger partial charge in [-0.3, -0.25) is 14.6 Å². The zero-order valence-electron chi connectivity index (χ0n) is 11.4. The summed E-state index contributed by atoms with van der Waals surface area (Å²) >= 11 is 0. The number of benzene rings is 1. The Morgan fingerprint density at radius 2 is 2.00 bits per heavy atom. The summed E-state index contributed by atoms with van der Waals surface area (Å²) in [4.78, 5) is 28.1. The molecule has 2 aromatic heterocycles. The molecule has 0 spiro atoms. The van der Waals surface area contributed by atoms with Gasteiger partial charge in [0.1, 0.15) is 0 Å². The fourth-order valence-electron chi connectivity index (χ4n) is 2.09. The molecular weight excluding hydrogens is 266 g/mol. The van der Waals surface area contributed by atoms with Crippen LogP contribution in [0.4, 0.5) is 5.69 Å². The summed E-state index contributed by atoms with van der Waals surface area (Å²) < 4.78 is 1.41. The van der Waals surface area contributed by atoms with Crippen molar-refractivity contribution < 1.29 is 4.79 Å². The van der Waals surface area contributed by atoms with Crippen LogP contribution in [0.15, 0.2) is 59.7 Å². The zero-order chi connectivity index (χ0) is 14.8. The number of aromatic nitrogens is 2. The fourth-order valence-corrected chi connectivity index (χ4v) is 2.09. The number of nitrogens with one attached hydrogen (secondary N) is 1. The van der Waals surface area contributed by atoms with Crippen molar-refractivity contribution in [3.63, 3.8) is 0 Å². The molecule has 0 saturated carbocycles. The van der Waals surface area contributed by atoms with Crippen molar-refractivity contribution >= 4 is 22.5 Å². The van der Waals surface area contributed by atoms with Crippen molar-refractivity contribution in [2.24, 2.45) is 7.05 Å². The maximum absolute atomic E-state index is 12.2. The van der Waals surface area contributed by atoms with Gasteiger partial charge in [-0.25, -0.2) is 0 Å². The maximum atomic E-state index is 12.2. The second-order valence-electron chi connectivity index (χ2n) is 4.70. The number of carbonyl (C=O) groups excluding carboxylic acids is 1. The van der Waals surface area contributed by atoms with Crippen LogP contribution in [0.25, 0.3) is 10.9 Å². The number of carbonyl (C=O) groups is 1. The van der Waals surface area contributed by atoms with E-state index in [0.717, 1.165) is 10.9 Å². The van der Waals surface area contributed by atoms with Crippen LogP contribution in [0.3, 0.4) is 0 Å². The minimum atomic E-state index is -0.328. The minimum Gasteiger partial charge on any atom is -0.320 e. The lowest BCUT2D eigenvalue weighted by molar-refractivity contribution is 0.102. The molecule has 0 bridgehead atoms. The summed E-state index contributed by atoms with van der Waals surface area (Å²) in [5.74, 6) is -0.328. The topological polar surface area (TPSA) is 64.0 Å². The molecule has 21 heavy (non-hydrogen) atoms. The SMILES string of the molecule is Cn1ccc(C(=O)Nc2cccc3cccnc23)cc1=O. The molecule has 5 heteroatoms. The molecule has 2 heterocycles. The summed E-state index contributed by atoms with van der Waals surface area (Å²) in [7, 11) is 1.64. The molecule has 0 aliphatic rings.